The van der Waals surface area contributed by atoms with Crippen LogP contribution in [0, 0.1) is 18.8 Å². The smallest absolute Gasteiger partial charge is 0.321 e. The van der Waals surface area contributed by atoms with Gasteiger partial charge in [0.05, 0.1) is 0 Å². The van der Waals surface area contributed by atoms with Crippen LogP contribution in [0.1, 0.15) is 34.0 Å². The van der Waals surface area contributed by atoms with Gasteiger partial charge in [0.15, 0.2) is 0 Å². The minimum absolute atomic E-state index is 0.202. The number of benzene rings is 2. The van der Waals surface area contributed by atoms with Gasteiger partial charge in [-0.15, -0.1) is 0 Å². The van der Waals surface area contributed by atoms with E-state index in [2.05, 4.69) is 31.8 Å². The second-order valence-corrected chi connectivity index (χ2v) is 10.8. The molecule has 1 fully saturated rings. The van der Waals surface area contributed by atoms with Gasteiger partial charge < -0.3 is 15.3 Å². The average molecular weight is 548 g/mol. The molecular weight excluding hydrogens is 518 g/mol. The van der Waals surface area contributed by atoms with Gasteiger partial charge in [-0.1, -0.05) is 11.8 Å². The Bertz CT molecular complexity index is 1510. The fourth-order valence-electron chi connectivity index (χ4n) is 4.01. The number of nitrogens with zero attached hydrogens (tertiary/aromatic N) is 3. The molecule has 0 bridgehead atoms. The molecule has 4 rings (SSSR count). The van der Waals surface area contributed by atoms with Crippen molar-refractivity contribution in [3.8, 4) is 11.8 Å². The third kappa shape index (κ3) is 7.20. The Kier molecular flexibility index (Phi) is 8.61. The van der Waals surface area contributed by atoms with E-state index in [0.717, 1.165) is 22.4 Å². The zero-order valence-corrected chi connectivity index (χ0v) is 22.4. The second kappa shape index (κ2) is 12.1. The minimum Gasteiger partial charge on any atom is -0.480 e. The Labute approximate surface area is 227 Å². The van der Waals surface area contributed by atoms with Crippen LogP contribution >= 0.6 is 0 Å². The Balaban J connectivity index is 1.34. The van der Waals surface area contributed by atoms with E-state index in [1.165, 1.54) is 11.2 Å². The number of hydrogen-bond acceptors (Lipinski definition) is 6. The minimum atomic E-state index is -3.86. The van der Waals surface area contributed by atoms with Crippen molar-refractivity contribution in [3.05, 3.63) is 89.2 Å². The van der Waals surface area contributed by atoms with Gasteiger partial charge in [0.25, 0.3) is 16.1 Å². The van der Waals surface area contributed by atoms with Crippen molar-refractivity contribution in [1.29, 1.82) is 0 Å². The summed E-state index contributed by atoms with van der Waals surface area (Å²) in [5, 5.41) is 11.9. The van der Waals surface area contributed by atoms with E-state index in [-0.39, 0.29) is 19.0 Å². The van der Waals surface area contributed by atoms with E-state index < -0.39 is 22.2 Å². The summed E-state index contributed by atoms with van der Waals surface area (Å²) in [5.41, 5.74) is 4.75. The molecule has 1 aliphatic rings. The summed E-state index contributed by atoms with van der Waals surface area (Å²) in [6.07, 6.45) is 3.15. The first kappa shape index (κ1) is 27.8. The number of amides is 1. The molecule has 1 amide bonds. The topological polar surface area (TPSA) is 132 Å². The van der Waals surface area contributed by atoms with Crippen LogP contribution in [-0.4, -0.2) is 66.9 Å². The molecule has 3 N–H and O–H groups in total. The van der Waals surface area contributed by atoms with E-state index in [4.69, 9.17) is 5.11 Å². The number of carbonyl (C=O) groups is 2. The highest BCUT2D eigenvalue weighted by Gasteiger charge is 2.29. The number of anilines is 2. The molecule has 10 nitrogen and oxygen atoms in total. The van der Waals surface area contributed by atoms with E-state index in [9.17, 15) is 18.0 Å². The first-order valence-corrected chi connectivity index (χ1v) is 13.8. The van der Waals surface area contributed by atoms with Crippen molar-refractivity contribution in [3.63, 3.8) is 0 Å². The van der Waals surface area contributed by atoms with Gasteiger partial charge in [0.2, 0.25) is 0 Å². The summed E-state index contributed by atoms with van der Waals surface area (Å²) in [5.74, 6) is 4.88. The van der Waals surface area contributed by atoms with Crippen LogP contribution in [0.5, 0.6) is 0 Å². The van der Waals surface area contributed by atoms with Crippen LogP contribution in [0.15, 0.2) is 67.0 Å². The highest BCUT2D eigenvalue weighted by Crippen LogP contribution is 2.19. The molecule has 1 aliphatic heterocycles. The van der Waals surface area contributed by atoms with Crippen molar-refractivity contribution >= 4 is 33.5 Å². The summed E-state index contributed by atoms with van der Waals surface area (Å²) in [4.78, 5) is 29.4. The van der Waals surface area contributed by atoms with Gasteiger partial charge >= 0.3 is 5.97 Å². The second-order valence-electron chi connectivity index (χ2n) is 9.09. The van der Waals surface area contributed by atoms with Gasteiger partial charge in [-0.05, 0) is 74.0 Å². The highest BCUT2D eigenvalue weighted by atomic mass is 32.2. The monoisotopic (exact) mass is 547 g/mol. The number of carboxylic acids is 1. The van der Waals surface area contributed by atoms with Crippen LogP contribution in [0.2, 0.25) is 0 Å². The number of hydrogen-bond donors (Lipinski definition) is 3. The molecule has 0 unspecified atom stereocenters. The van der Waals surface area contributed by atoms with Gasteiger partial charge in [0, 0.05) is 66.6 Å². The predicted octanol–water partition coefficient (Wildman–Crippen LogP) is 2.47. The fourth-order valence-corrected chi connectivity index (χ4v) is 5.36. The lowest BCUT2D eigenvalue weighted by molar-refractivity contribution is -0.138. The van der Waals surface area contributed by atoms with Gasteiger partial charge in [-0.3, -0.25) is 14.6 Å². The van der Waals surface area contributed by atoms with Crippen molar-refractivity contribution < 1.29 is 23.1 Å². The van der Waals surface area contributed by atoms with Gasteiger partial charge in [-0.25, -0.2) is 0 Å². The molecule has 3 aromatic rings. The Morgan fingerprint density at radius 2 is 1.56 bits per heavy atom. The zero-order valence-electron chi connectivity index (χ0n) is 21.6. The lowest BCUT2D eigenvalue weighted by Gasteiger charge is -2.35. The predicted molar refractivity (Wildman–Crippen MR) is 149 cm³/mol. The number of aryl methyl sites for hydroxylation is 1. The lowest BCUT2D eigenvalue weighted by Crippen LogP contribution is -2.54. The maximum absolute atomic E-state index is 12.4. The molecule has 11 heteroatoms. The fraction of sp³-hybridized carbons (Fsp3) is 0.250. The summed E-state index contributed by atoms with van der Waals surface area (Å²) in [6.45, 7) is 4.67. The molecule has 1 atom stereocenters. The molecule has 39 heavy (non-hydrogen) atoms. The van der Waals surface area contributed by atoms with Crippen molar-refractivity contribution in [2.45, 2.75) is 19.9 Å². The molecular formula is C28H29N5O5S. The number of piperazine rings is 1. The van der Waals surface area contributed by atoms with E-state index >= 15 is 0 Å². The number of rotatable bonds is 7. The third-order valence-electron chi connectivity index (χ3n) is 6.28. The zero-order chi connectivity index (χ0) is 28.0. The summed E-state index contributed by atoms with van der Waals surface area (Å²) in [7, 11) is -3.86. The number of carbonyl (C=O) groups excluding carboxylic acids is 1. The van der Waals surface area contributed by atoms with Crippen LogP contribution in [0.25, 0.3) is 0 Å². The average Bonchev–Trinajstić information content (AvgIpc) is 2.93. The SMILES string of the molecule is Cc1cc(C#Cc2ccc(N3CCN(S(=O)(=O)N[C@H](C)C(=O)O)CC3)cc2)ccc1NC(=O)c1ccncc1. The number of aromatic nitrogens is 1. The Morgan fingerprint density at radius 1 is 0.949 bits per heavy atom. The van der Waals surface area contributed by atoms with Crippen LogP contribution in [-0.2, 0) is 15.0 Å². The maximum atomic E-state index is 12.4. The first-order valence-electron chi connectivity index (χ1n) is 12.3. The molecule has 1 saturated heterocycles. The van der Waals surface area contributed by atoms with Gasteiger partial charge in [0.1, 0.15) is 6.04 Å². The number of aliphatic carboxylic acids is 1. The standard InChI is InChI=1S/C28H29N5O5S/c1-20-19-23(7-10-26(20)30-27(34)24-11-13-29-14-12-24)4-3-22-5-8-25(9-6-22)32-15-17-33(18-16-32)39(37,38)31-21(2)28(35)36/h5-14,19,21,31H,15-18H2,1-2H3,(H,30,34)(H,35,36)/t21-/m1/s1. The highest BCUT2D eigenvalue weighted by molar-refractivity contribution is 7.87. The van der Waals surface area contributed by atoms with E-state index in [1.807, 2.05) is 49.4 Å². The van der Waals surface area contributed by atoms with E-state index in [1.54, 1.807) is 24.5 Å². The summed E-state index contributed by atoms with van der Waals surface area (Å²) in [6, 6.07) is 15.5. The Hall–Kier alpha value is -4.24. The number of nitrogens with one attached hydrogen (secondary N) is 2. The third-order valence-corrected chi connectivity index (χ3v) is 7.97. The van der Waals surface area contributed by atoms with Gasteiger partial charge in [-0.2, -0.15) is 17.4 Å². The summed E-state index contributed by atoms with van der Waals surface area (Å²) >= 11 is 0. The number of pyridine rings is 1. The largest absolute Gasteiger partial charge is 0.480 e. The molecule has 2 heterocycles. The Morgan fingerprint density at radius 3 is 2.18 bits per heavy atom. The van der Waals surface area contributed by atoms with Crippen LogP contribution < -0.4 is 14.9 Å². The maximum Gasteiger partial charge on any atom is 0.321 e. The molecule has 0 aliphatic carbocycles. The first-order chi connectivity index (χ1) is 18.6. The molecule has 0 radical (unpaired) electrons. The molecule has 0 saturated carbocycles. The number of carboxylic acid groups (broad SMARTS) is 1. The van der Waals surface area contributed by atoms with Crippen LogP contribution in [0.3, 0.4) is 0 Å². The van der Waals surface area contributed by atoms with Crippen LogP contribution in [0.4, 0.5) is 11.4 Å². The van der Waals surface area contributed by atoms with E-state index in [0.29, 0.717) is 24.3 Å². The quantitative estimate of drug-likeness (QED) is 0.387. The van der Waals surface area contributed by atoms with Crippen molar-refractivity contribution in [1.82, 2.24) is 14.0 Å². The van der Waals surface area contributed by atoms with Crippen molar-refractivity contribution in [2.24, 2.45) is 0 Å². The summed E-state index contributed by atoms with van der Waals surface area (Å²) < 4.78 is 28.3. The molecule has 0 spiro atoms. The lowest BCUT2D eigenvalue weighted by atomic mass is 10.1. The molecule has 202 valence electrons. The normalized spacial score (nSPS) is 14.7. The molecule has 2 aromatic carbocycles. The molecule has 1 aromatic heterocycles. The van der Waals surface area contributed by atoms with Crippen molar-refractivity contribution in [2.75, 3.05) is 36.4 Å².